The normalized spacial score (nSPS) is 26.7. The van der Waals surface area contributed by atoms with E-state index < -0.39 is 0 Å². The molecule has 0 bridgehead atoms. The summed E-state index contributed by atoms with van der Waals surface area (Å²) < 4.78 is 0. The minimum Gasteiger partial charge on any atom is -0.356 e. The highest BCUT2D eigenvalue weighted by atomic mass is 16.1. The van der Waals surface area contributed by atoms with Crippen molar-refractivity contribution in [3.05, 3.63) is 0 Å². The smallest absolute Gasteiger partial charge is 0.220 e. The molecule has 11 heavy (non-hydrogen) atoms. The molecule has 1 saturated heterocycles. The zero-order chi connectivity index (χ0) is 8.27. The lowest BCUT2D eigenvalue weighted by molar-refractivity contribution is -0.119. The SMILES string of the molecule is CCC(NC)C1CNC(=O)C1. The first kappa shape index (κ1) is 8.53. The van der Waals surface area contributed by atoms with Gasteiger partial charge in [-0.2, -0.15) is 0 Å². The van der Waals surface area contributed by atoms with Crippen LogP contribution in [0.2, 0.25) is 0 Å². The van der Waals surface area contributed by atoms with Crippen LogP contribution in [0.15, 0.2) is 0 Å². The lowest BCUT2D eigenvalue weighted by atomic mass is 9.97. The zero-order valence-electron chi connectivity index (χ0n) is 7.18. The van der Waals surface area contributed by atoms with Gasteiger partial charge < -0.3 is 10.6 Å². The highest BCUT2D eigenvalue weighted by Crippen LogP contribution is 2.15. The third-order valence-corrected chi connectivity index (χ3v) is 2.39. The summed E-state index contributed by atoms with van der Waals surface area (Å²) >= 11 is 0. The quantitative estimate of drug-likeness (QED) is 0.609. The van der Waals surface area contributed by atoms with Crippen LogP contribution in [0.4, 0.5) is 0 Å². The molecule has 2 N–H and O–H groups in total. The van der Waals surface area contributed by atoms with Crippen LogP contribution < -0.4 is 10.6 Å². The second-order valence-electron chi connectivity index (χ2n) is 3.07. The van der Waals surface area contributed by atoms with E-state index in [0.717, 1.165) is 13.0 Å². The second-order valence-corrected chi connectivity index (χ2v) is 3.07. The van der Waals surface area contributed by atoms with Gasteiger partial charge in [-0.1, -0.05) is 6.92 Å². The maximum absolute atomic E-state index is 10.9. The molecule has 1 heterocycles. The summed E-state index contributed by atoms with van der Waals surface area (Å²) in [6.45, 7) is 2.99. The number of nitrogens with one attached hydrogen (secondary N) is 2. The molecule has 0 saturated carbocycles. The predicted molar refractivity (Wildman–Crippen MR) is 44.3 cm³/mol. The molecule has 0 aromatic carbocycles. The number of carbonyl (C=O) groups is 1. The molecule has 0 aromatic rings. The van der Waals surface area contributed by atoms with E-state index >= 15 is 0 Å². The van der Waals surface area contributed by atoms with Crippen LogP contribution in [0.25, 0.3) is 0 Å². The van der Waals surface area contributed by atoms with E-state index in [-0.39, 0.29) is 5.91 Å². The maximum atomic E-state index is 10.9. The van der Waals surface area contributed by atoms with Gasteiger partial charge in [-0.15, -0.1) is 0 Å². The summed E-state index contributed by atoms with van der Waals surface area (Å²) in [7, 11) is 1.96. The van der Waals surface area contributed by atoms with Gasteiger partial charge in [0.05, 0.1) is 0 Å². The van der Waals surface area contributed by atoms with E-state index in [9.17, 15) is 4.79 Å². The molecule has 0 aliphatic carbocycles. The molecule has 0 aromatic heterocycles. The molecule has 1 fully saturated rings. The highest BCUT2D eigenvalue weighted by molar-refractivity contribution is 5.78. The molecule has 0 radical (unpaired) electrons. The molecule has 2 atom stereocenters. The summed E-state index contributed by atoms with van der Waals surface area (Å²) in [5, 5.41) is 6.06. The van der Waals surface area contributed by atoms with Crippen molar-refractivity contribution >= 4 is 5.91 Å². The van der Waals surface area contributed by atoms with Crippen molar-refractivity contribution in [1.82, 2.24) is 10.6 Å². The minimum atomic E-state index is 0.198. The summed E-state index contributed by atoms with van der Waals surface area (Å²) in [5.74, 6) is 0.696. The fourth-order valence-electron chi connectivity index (χ4n) is 1.69. The first-order chi connectivity index (χ1) is 5.27. The van der Waals surface area contributed by atoms with E-state index in [4.69, 9.17) is 0 Å². The molecule has 3 nitrogen and oxygen atoms in total. The third kappa shape index (κ3) is 1.93. The lowest BCUT2D eigenvalue weighted by Gasteiger charge is -2.19. The number of rotatable bonds is 3. The Labute approximate surface area is 67.5 Å². The molecule has 3 heteroatoms. The number of amides is 1. The summed E-state index contributed by atoms with van der Waals surface area (Å²) in [6.07, 6.45) is 1.79. The Morgan fingerprint density at radius 2 is 2.55 bits per heavy atom. The Kier molecular flexibility index (Phi) is 2.88. The van der Waals surface area contributed by atoms with Gasteiger partial charge in [0.2, 0.25) is 5.91 Å². The van der Waals surface area contributed by atoms with Gasteiger partial charge >= 0.3 is 0 Å². The summed E-state index contributed by atoms with van der Waals surface area (Å²) in [6, 6.07) is 0.494. The van der Waals surface area contributed by atoms with E-state index in [2.05, 4.69) is 17.6 Å². The van der Waals surface area contributed by atoms with Crippen molar-refractivity contribution in [2.45, 2.75) is 25.8 Å². The van der Waals surface area contributed by atoms with Crippen molar-refractivity contribution in [2.75, 3.05) is 13.6 Å². The predicted octanol–water partition coefficient (Wildman–Crippen LogP) is 0.120. The molecule has 1 rings (SSSR count). The monoisotopic (exact) mass is 156 g/mol. The summed E-state index contributed by atoms with van der Waals surface area (Å²) in [5.41, 5.74) is 0. The Morgan fingerprint density at radius 1 is 1.82 bits per heavy atom. The average molecular weight is 156 g/mol. The van der Waals surface area contributed by atoms with Crippen LogP contribution in [0.5, 0.6) is 0 Å². The Bertz CT molecular complexity index is 143. The second kappa shape index (κ2) is 3.72. The first-order valence-electron chi connectivity index (χ1n) is 4.22. The van der Waals surface area contributed by atoms with Gasteiger partial charge in [-0.3, -0.25) is 4.79 Å². The molecule has 1 aliphatic rings. The van der Waals surface area contributed by atoms with Gasteiger partial charge in [0, 0.05) is 24.9 Å². The largest absolute Gasteiger partial charge is 0.356 e. The van der Waals surface area contributed by atoms with Crippen molar-refractivity contribution in [2.24, 2.45) is 5.92 Å². The minimum absolute atomic E-state index is 0.198. The topological polar surface area (TPSA) is 41.1 Å². The average Bonchev–Trinajstić information content (AvgIpc) is 2.39. The molecular formula is C8H16N2O. The van der Waals surface area contributed by atoms with Gasteiger partial charge in [0.25, 0.3) is 0 Å². The van der Waals surface area contributed by atoms with Crippen LogP contribution in [-0.4, -0.2) is 25.5 Å². The van der Waals surface area contributed by atoms with Crippen LogP contribution in [0.3, 0.4) is 0 Å². The van der Waals surface area contributed by atoms with Crippen molar-refractivity contribution in [3.8, 4) is 0 Å². The first-order valence-corrected chi connectivity index (χ1v) is 4.22. The third-order valence-electron chi connectivity index (χ3n) is 2.39. The molecule has 64 valence electrons. The van der Waals surface area contributed by atoms with Crippen molar-refractivity contribution < 1.29 is 4.79 Å². The molecule has 1 aliphatic heterocycles. The lowest BCUT2D eigenvalue weighted by Crippen LogP contribution is -2.33. The zero-order valence-corrected chi connectivity index (χ0v) is 7.18. The van der Waals surface area contributed by atoms with Gasteiger partial charge in [0.1, 0.15) is 0 Å². The molecular weight excluding hydrogens is 140 g/mol. The van der Waals surface area contributed by atoms with E-state index in [1.54, 1.807) is 0 Å². The Morgan fingerprint density at radius 3 is 2.91 bits per heavy atom. The number of carbonyl (C=O) groups excluding carboxylic acids is 1. The van der Waals surface area contributed by atoms with E-state index in [1.165, 1.54) is 0 Å². The van der Waals surface area contributed by atoms with E-state index in [1.807, 2.05) is 7.05 Å². The van der Waals surface area contributed by atoms with Crippen LogP contribution in [0, 0.1) is 5.92 Å². The Balaban J connectivity index is 2.40. The van der Waals surface area contributed by atoms with Gasteiger partial charge in [0.15, 0.2) is 0 Å². The van der Waals surface area contributed by atoms with Crippen molar-refractivity contribution in [3.63, 3.8) is 0 Å². The van der Waals surface area contributed by atoms with Gasteiger partial charge in [-0.25, -0.2) is 0 Å². The Hall–Kier alpha value is -0.570. The summed E-state index contributed by atoms with van der Waals surface area (Å²) in [4.78, 5) is 10.9. The number of hydrogen-bond donors (Lipinski definition) is 2. The molecule has 0 spiro atoms. The fraction of sp³-hybridized carbons (Fsp3) is 0.875. The maximum Gasteiger partial charge on any atom is 0.220 e. The highest BCUT2D eigenvalue weighted by Gasteiger charge is 2.26. The van der Waals surface area contributed by atoms with Gasteiger partial charge in [-0.05, 0) is 13.5 Å². The standard InChI is InChI=1S/C8H16N2O/c1-3-7(9-2)6-4-8(11)10-5-6/h6-7,9H,3-5H2,1-2H3,(H,10,11). The number of hydrogen-bond acceptors (Lipinski definition) is 2. The van der Waals surface area contributed by atoms with E-state index in [0.29, 0.717) is 18.4 Å². The van der Waals surface area contributed by atoms with Crippen LogP contribution in [-0.2, 0) is 4.79 Å². The van der Waals surface area contributed by atoms with Crippen LogP contribution >= 0.6 is 0 Å². The molecule has 2 unspecified atom stereocenters. The fourth-order valence-corrected chi connectivity index (χ4v) is 1.69. The van der Waals surface area contributed by atoms with Crippen molar-refractivity contribution in [1.29, 1.82) is 0 Å². The van der Waals surface area contributed by atoms with Crippen LogP contribution in [0.1, 0.15) is 19.8 Å². The molecule has 1 amide bonds.